The number of aliphatic hydroxyl groups is 1. The monoisotopic (exact) mass is 526 g/mol. The molecule has 3 saturated carbocycles. The number of furan rings is 1. The summed E-state index contributed by atoms with van der Waals surface area (Å²) in [4.78, 5) is 52.4. The second-order valence-corrected chi connectivity index (χ2v) is 12.6. The first-order valence-electron chi connectivity index (χ1n) is 13.3. The molecule has 9 nitrogen and oxygen atoms in total. The summed E-state index contributed by atoms with van der Waals surface area (Å²) in [5.74, 6) is -3.42. The number of fused-ring (bicyclic) bond motifs is 4. The molecule has 1 saturated heterocycles. The van der Waals surface area contributed by atoms with Crippen LogP contribution in [0.3, 0.4) is 0 Å². The van der Waals surface area contributed by atoms with Crippen LogP contribution in [-0.2, 0) is 33.4 Å². The number of carbonyl (C=O) groups excluding carboxylic acids is 4. The first kappa shape index (κ1) is 25.3. The average molecular weight is 527 g/mol. The van der Waals surface area contributed by atoms with Crippen LogP contribution >= 0.6 is 0 Å². The van der Waals surface area contributed by atoms with Gasteiger partial charge in [0.2, 0.25) is 0 Å². The normalized spacial score (nSPS) is 44.8. The zero-order valence-corrected chi connectivity index (χ0v) is 22.4. The highest BCUT2D eigenvalue weighted by molar-refractivity contribution is 6.03. The Balaban J connectivity index is 1.57. The lowest BCUT2D eigenvalue weighted by Crippen LogP contribution is -2.68. The number of cyclic esters (lactones) is 1. The van der Waals surface area contributed by atoms with Gasteiger partial charge in [-0.3, -0.25) is 19.2 Å². The summed E-state index contributed by atoms with van der Waals surface area (Å²) in [6, 6.07) is 1.77. The number of esters is 3. The van der Waals surface area contributed by atoms with Gasteiger partial charge in [0.25, 0.3) is 0 Å². The third-order valence-electron chi connectivity index (χ3n) is 11.0. The van der Waals surface area contributed by atoms with E-state index in [1.807, 2.05) is 20.8 Å². The van der Waals surface area contributed by atoms with Gasteiger partial charge in [0.05, 0.1) is 37.6 Å². The molecule has 1 N–H and O–H groups in total. The number of ether oxygens (including phenoxy) is 3. The predicted octanol–water partition coefficient (Wildman–Crippen LogP) is 3.45. The minimum absolute atomic E-state index is 0.0270. The van der Waals surface area contributed by atoms with Crippen molar-refractivity contribution in [3.8, 4) is 0 Å². The number of Topliss-reactive ketones (excluding diaryl/α,β-unsaturated/α-hetero) is 1. The Morgan fingerprint density at radius 2 is 1.95 bits per heavy atom. The summed E-state index contributed by atoms with van der Waals surface area (Å²) in [6.07, 6.45) is 3.01. The molecule has 4 fully saturated rings. The van der Waals surface area contributed by atoms with E-state index in [2.05, 4.69) is 0 Å². The van der Waals surface area contributed by atoms with Gasteiger partial charge in [-0.25, -0.2) is 0 Å². The van der Waals surface area contributed by atoms with Crippen molar-refractivity contribution in [1.82, 2.24) is 0 Å². The van der Waals surface area contributed by atoms with Crippen molar-refractivity contribution >= 4 is 23.7 Å². The van der Waals surface area contributed by atoms with Gasteiger partial charge in [-0.15, -0.1) is 0 Å². The molecule has 1 aromatic heterocycles. The van der Waals surface area contributed by atoms with Gasteiger partial charge in [-0.1, -0.05) is 20.8 Å². The van der Waals surface area contributed by atoms with Gasteiger partial charge in [-0.2, -0.15) is 0 Å². The van der Waals surface area contributed by atoms with Crippen molar-refractivity contribution < 1.29 is 42.9 Å². The van der Waals surface area contributed by atoms with Crippen LogP contribution in [0.2, 0.25) is 0 Å². The van der Waals surface area contributed by atoms with Crippen molar-refractivity contribution in [1.29, 1.82) is 0 Å². The number of methoxy groups -OCH3 is 1. The van der Waals surface area contributed by atoms with Crippen LogP contribution in [0.1, 0.15) is 71.5 Å². The molecule has 4 aliphatic carbocycles. The Morgan fingerprint density at radius 3 is 2.58 bits per heavy atom. The highest BCUT2D eigenvalue weighted by Gasteiger charge is 2.84. The second kappa shape index (κ2) is 7.81. The zero-order chi connectivity index (χ0) is 27.4. The summed E-state index contributed by atoms with van der Waals surface area (Å²) in [5.41, 5.74) is -1.81. The molecule has 2 bridgehead atoms. The van der Waals surface area contributed by atoms with Crippen molar-refractivity contribution in [2.45, 2.75) is 77.6 Å². The molecule has 204 valence electrons. The van der Waals surface area contributed by atoms with Crippen molar-refractivity contribution in [2.75, 3.05) is 7.11 Å². The Kier molecular flexibility index (Phi) is 5.21. The maximum Gasteiger partial charge on any atom is 0.310 e. The maximum absolute atomic E-state index is 14.5. The fourth-order valence-electron chi connectivity index (χ4n) is 9.47. The van der Waals surface area contributed by atoms with Crippen LogP contribution in [-0.4, -0.2) is 47.6 Å². The van der Waals surface area contributed by atoms with Crippen LogP contribution < -0.4 is 0 Å². The largest absolute Gasteiger partial charge is 0.472 e. The molecule has 0 amide bonds. The molecule has 1 aromatic rings. The van der Waals surface area contributed by atoms with Crippen LogP contribution in [0, 0.1) is 34.0 Å². The Morgan fingerprint density at radius 1 is 1.21 bits per heavy atom. The lowest BCUT2D eigenvalue weighted by molar-refractivity contribution is -0.213. The molecular formula is C29H34O9. The number of rotatable bonds is 4. The standard InChI is InChI=1S/C29H34O9/c1-14(30)37-25-22-23(33)21-16(28(4)18(11-19(31)35-5)27(25,3)13-29(22,28)34)6-8-26(2)17(21)10-20(32)38-24(26)15-7-9-36-12-15/h7,9,12,16,18,22,24-25,34H,6,8,10-11,13H2,1-5H3/t16-,18-,22-,24-,25+,26+,27-,28+,29-/m0/s1. The van der Waals surface area contributed by atoms with Crippen molar-refractivity contribution in [3.05, 3.63) is 35.3 Å². The topological polar surface area (TPSA) is 129 Å². The predicted molar refractivity (Wildman–Crippen MR) is 130 cm³/mol. The second-order valence-electron chi connectivity index (χ2n) is 12.6. The lowest BCUT2D eigenvalue weighted by Gasteiger charge is -2.63. The molecule has 0 unspecified atom stereocenters. The van der Waals surface area contributed by atoms with E-state index < -0.39 is 63.8 Å². The van der Waals surface area contributed by atoms with Gasteiger partial charge in [0, 0.05) is 35.2 Å². The number of carbonyl (C=O) groups is 4. The maximum atomic E-state index is 14.5. The molecule has 9 heteroatoms. The lowest BCUT2D eigenvalue weighted by atomic mass is 9.42. The number of hydrogen-bond donors (Lipinski definition) is 1. The minimum Gasteiger partial charge on any atom is -0.472 e. The van der Waals surface area contributed by atoms with Crippen LogP contribution in [0.15, 0.2) is 34.2 Å². The summed E-state index contributed by atoms with van der Waals surface area (Å²) in [7, 11) is 1.33. The van der Waals surface area contributed by atoms with E-state index in [0.29, 0.717) is 18.4 Å². The molecule has 1 aliphatic heterocycles. The Hall–Kier alpha value is -2.94. The molecule has 0 aromatic carbocycles. The average Bonchev–Trinajstić information content (AvgIpc) is 3.50. The third-order valence-corrected chi connectivity index (χ3v) is 11.0. The molecule has 2 heterocycles. The molecule has 0 spiro atoms. The Labute approximate surface area is 220 Å². The molecule has 5 aliphatic rings. The minimum atomic E-state index is -1.47. The fraction of sp³-hybridized carbons (Fsp3) is 0.655. The molecule has 6 rings (SSSR count). The molecular weight excluding hydrogens is 492 g/mol. The van der Waals surface area contributed by atoms with Gasteiger partial charge < -0.3 is 23.7 Å². The van der Waals surface area contributed by atoms with Crippen molar-refractivity contribution in [3.63, 3.8) is 0 Å². The van der Waals surface area contributed by atoms with E-state index in [9.17, 15) is 24.3 Å². The number of ketones is 1. The highest BCUT2D eigenvalue weighted by Crippen LogP contribution is 2.78. The zero-order valence-electron chi connectivity index (χ0n) is 22.4. The van der Waals surface area contributed by atoms with E-state index in [1.54, 1.807) is 12.3 Å². The molecule has 0 radical (unpaired) electrons. The van der Waals surface area contributed by atoms with Gasteiger partial charge in [0.1, 0.15) is 12.2 Å². The van der Waals surface area contributed by atoms with Crippen molar-refractivity contribution in [2.24, 2.45) is 34.0 Å². The molecule has 9 atom stereocenters. The summed E-state index contributed by atoms with van der Waals surface area (Å²) in [5, 5.41) is 12.4. The Bertz CT molecular complexity index is 1280. The summed E-state index contributed by atoms with van der Waals surface area (Å²) < 4.78 is 22.0. The van der Waals surface area contributed by atoms with Crippen LogP contribution in [0.4, 0.5) is 0 Å². The number of allylic oxidation sites excluding steroid dienone is 1. The van der Waals surface area contributed by atoms with E-state index in [0.717, 1.165) is 11.1 Å². The smallest absolute Gasteiger partial charge is 0.310 e. The van der Waals surface area contributed by atoms with E-state index in [4.69, 9.17) is 18.6 Å². The summed E-state index contributed by atoms with van der Waals surface area (Å²) in [6.45, 7) is 7.19. The third kappa shape index (κ3) is 2.86. The van der Waals surface area contributed by atoms with Crippen LogP contribution in [0.5, 0.6) is 0 Å². The van der Waals surface area contributed by atoms with E-state index >= 15 is 0 Å². The van der Waals surface area contributed by atoms with Crippen LogP contribution in [0.25, 0.3) is 0 Å². The van der Waals surface area contributed by atoms with E-state index in [-0.39, 0.29) is 31.0 Å². The van der Waals surface area contributed by atoms with E-state index in [1.165, 1.54) is 20.3 Å². The van der Waals surface area contributed by atoms with Gasteiger partial charge in [0.15, 0.2) is 5.78 Å². The SMILES string of the molecule is COC(=O)C[C@H]1[C@]2(C)C[C@]3(O)[C@@H](C(=O)C4=C5CC(=O)O[C@@H](c6ccoc6)[C@]5(C)CC[C@@H]4[C@]13C)[C@H]2OC(C)=O. The fourth-order valence-corrected chi connectivity index (χ4v) is 9.47. The highest BCUT2D eigenvalue weighted by atomic mass is 16.6. The van der Waals surface area contributed by atoms with Gasteiger partial charge >= 0.3 is 17.9 Å². The molecule has 38 heavy (non-hydrogen) atoms. The van der Waals surface area contributed by atoms with Gasteiger partial charge in [-0.05, 0) is 48.3 Å². The first-order valence-corrected chi connectivity index (χ1v) is 13.3. The number of hydrogen-bond acceptors (Lipinski definition) is 9. The summed E-state index contributed by atoms with van der Waals surface area (Å²) >= 11 is 0. The first-order chi connectivity index (χ1) is 17.8. The quantitative estimate of drug-likeness (QED) is 0.463.